The molecule has 0 aromatic heterocycles. The van der Waals surface area contributed by atoms with E-state index < -0.39 is 11.9 Å². The second kappa shape index (κ2) is 5.92. The number of hydrogen-bond acceptors (Lipinski definition) is 3. The maximum absolute atomic E-state index is 11.7. The van der Waals surface area contributed by atoms with Gasteiger partial charge < -0.3 is 5.11 Å². The van der Waals surface area contributed by atoms with Crippen LogP contribution in [0.15, 0.2) is 24.3 Å². The average Bonchev–Trinajstić information content (AvgIpc) is 2.25. The van der Waals surface area contributed by atoms with Crippen molar-refractivity contribution in [1.29, 1.82) is 0 Å². The number of carboxylic acid groups (broad SMARTS) is 1. The maximum atomic E-state index is 11.7. The fourth-order valence-corrected chi connectivity index (χ4v) is 2.13. The Hall–Kier alpha value is -1.00. The first kappa shape index (κ1) is 13.1. The number of aliphatic carboxylic acids is 1. The molecule has 16 heavy (non-hydrogen) atoms. The van der Waals surface area contributed by atoms with E-state index in [1.54, 1.807) is 31.2 Å². The number of thioether (sulfide) groups is 1. The third-order valence-electron chi connectivity index (χ3n) is 1.98. The van der Waals surface area contributed by atoms with Gasteiger partial charge in [0, 0.05) is 11.3 Å². The lowest BCUT2D eigenvalue weighted by atomic mass is 10.2. The summed E-state index contributed by atoms with van der Waals surface area (Å²) in [6.45, 7) is 1.56. The van der Waals surface area contributed by atoms with Crippen LogP contribution in [0.1, 0.15) is 17.3 Å². The molecule has 1 atom stereocenters. The quantitative estimate of drug-likeness (QED) is 0.902. The number of rotatable bonds is 4. The van der Waals surface area contributed by atoms with Crippen LogP contribution in [0.2, 0.25) is 5.02 Å². The fourth-order valence-electron chi connectivity index (χ4n) is 0.976. The molecule has 0 aliphatic rings. The SMILES string of the molecule is C[C@H](CSC(=O)c1ccccc1Cl)C(=O)O. The van der Waals surface area contributed by atoms with Crippen LogP contribution in [-0.4, -0.2) is 21.9 Å². The van der Waals surface area contributed by atoms with Crippen molar-refractivity contribution in [2.45, 2.75) is 6.92 Å². The topological polar surface area (TPSA) is 54.4 Å². The zero-order valence-corrected chi connectivity index (χ0v) is 10.2. The molecule has 0 spiro atoms. The van der Waals surface area contributed by atoms with Crippen LogP contribution in [-0.2, 0) is 4.79 Å². The van der Waals surface area contributed by atoms with E-state index in [-0.39, 0.29) is 10.9 Å². The van der Waals surface area contributed by atoms with Gasteiger partial charge in [-0.1, -0.05) is 42.4 Å². The lowest BCUT2D eigenvalue weighted by molar-refractivity contribution is -0.140. The van der Waals surface area contributed by atoms with Gasteiger partial charge in [-0.25, -0.2) is 0 Å². The smallest absolute Gasteiger partial charge is 0.307 e. The molecule has 1 aromatic carbocycles. The summed E-state index contributed by atoms with van der Waals surface area (Å²) in [6, 6.07) is 6.73. The Bertz CT molecular complexity index is 406. The lowest BCUT2D eigenvalue weighted by Crippen LogP contribution is -2.13. The molecule has 0 unspecified atom stereocenters. The molecule has 0 saturated carbocycles. The van der Waals surface area contributed by atoms with Crippen LogP contribution in [0.25, 0.3) is 0 Å². The summed E-state index contributed by atoms with van der Waals surface area (Å²) < 4.78 is 0. The van der Waals surface area contributed by atoms with Gasteiger partial charge in [0.25, 0.3) is 0 Å². The molecule has 0 amide bonds. The zero-order valence-electron chi connectivity index (χ0n) is 8.64. The summed E-state index contributed by atoms with van der Waals surface area (Å²) in [5, 5.41) is 8.87. The normalized spacial score (nSPS) is 12.1. The lowest BCUT2D eigenvalue weighted by Gasteiger charge is -2.05. The van der Waals surface area contributed by atoms with Crippen molar-refractivity contribution in [2.75, 3.05) is 5.75 Å². The highest BCUT2D eigenvalue weighted by Gasteiger charge is 2.15. The predicted octanol–water partition coefficient (Wildman–Crippen LogP) is 2.93. The minimum absolute atomic E-state index is 0.196. The van der Waals surface area contributed by atoms with Gasteiger partial charge in [0.2, 0.25) is 5.12 Å². The largest absolute Gasteiger partial charge is 0.481 e. The molecule has 3 nitrogen and oxygen atoms in total. The third kappa shape index (κ3) is 3.54. The number of hydrogen-bond donors (Lipinski definition) is 1. The van der Waals surface area contributed by atoms with E-state index in [1.165, 1.54) is 0 Å². The molecule has 0 saturated heterocycles. The summed E-state index contributed by atoms with van der Waals surface area (Å²) >= 11 is 6.82. The summed E-state index contributed by atoms with van der Waals surface area (Å²) in [5.74, 6) is -1.20. The minimum Gasteiger partial charge on any atom is -0.481 e. The summed E-state index contributed by atoms with van der Waals surface area (Å²) in [7, 11) is 0. The van der Waals surface area contributed by atoms with Crippen molar-refractivity contribution in [3.63, 3.8) is 0 Å². The Kier molecular flexibility index (Phi) is 4.83. The van der Waals surface area contributed by atoms with E-state index >= 15 is 0 Å². The van der Waals surface area contributed by atoms with E-state index in [2.05, 4.69) is 0 Å². The molecular weight excluding hydrogens is 248 g/mol. The van der Waals surface area contributed by atoms with E-state index in [4.69, 9.17) is 16.7 Å². The van der Waals surface area contributed by atoms with Gasteiger partial charge in [-0.15, -0.1) is 0 Å². The van der Waals surface area contributed by atoms with Crippen LogP contribution < -0.4 is 0 Å². The van der Waals surface area contributed by atoms with Gasteiger partial charge in [0.1, 0.15) is 0 Å². The van der Waals surface area contributed by atoms with E-state index in [9.17, 15) is 9.59 Å². The molecule has 1 N–H and O–H groups in total. The average molecular weight is 259 g/mol. The molecule has 5 heteroatoms. The first-order chi connectivity index (χ1) is 7.52. The van der Waals surface area contributed by atoms with Crippen LogP contribution in [0, 0.1) is 5.92 Å². The molecule has 1 aromatic rings. The molecule has 0 bridgehead atoms. The standard InChI is InChI=1S/C11H11ClO3S/c1-7(10(13)14)6-16-11(15)8-4-2-3-5-9(8)12/h2-5,7H,6H2,1H3,(H,13,14)/t7-/m1/s1. The fraction of sp³-hybridized carbons (Fsp3) is 0.273. The van der Waals surface area contributed by atoms with E-state index in [0.717, 1.165) is 11.8 Å². The molecule has 0 radical (unpaired) electrons. The zero-order chi connectivity index (χ0) is 12.1. The second-order valence-electron chi connectivity index (χ2n) is 3.32. The van der Waals surface area contributed by atoms with Crippen LogP contribution in [0.4, 0.5) is 0 Å². The second-order valence-corrected chi connectivity index (χ2v) is 4.72. The van der Waals surface area contributed by atoms with Crippen LogP contribution in [0.5, 0.6) is 0 Å². The monoisotopic (exact) mass is 258 g/mol. The first-order valence-electron chi connectivity index (χ1n) is 4.67. The molecule has 0 aliphatic carbocycles. The van der Waals surface area contributed by atoms with Crippen molar-refractivity contribution in [2.24, 2.45) is 5.92 Å². The Morgan fingerprint density at radius 2 is 2.06 bits per heavy atom. The molecular formula is C11H11ClO3S. The first-order valence-corrected chi connectivity index (χ1v) is 6.03. The summed E-state index contributed by atoms with van der Waals surface area (Å²) in [4.78, 5) is 22.2. The third-order valence-corrected chi connectivity index (χ3v) is 3.46. The van der Waals surface area contributed by atoms with Gasteiger partial charge in [-0.2, -0.15) is 0 Å². The molecule has 1 rings (SSSR count). The number of halogens is 1. The Labute approximate surface area is 103 Å². The van der Waals surface area contributed by atoms with Gasteiger partial charge in [-0.05, 0) is 12.1 Å². The highest BCUT2D eigenvalue weighted by Crippen LogP contribution is 2.22. The van der Waals surface area contributed by atoms with Crippen LogP contribution >= 0.6 is 23.4 Å². The maximum Gasteiger partial charge on any atom is 0.307 e. The van der Waals surface area contributed by atoms with Gasteiger partial charge in [0.15, 0.2) is 0 Å². The Balaban J connectivity index is 2.60. The van der Waals surface area contributed by atoms with E-state index in [1.807, 2.05) is 0 Å². The van der Waals surface area contributed by atoms with Crippen molar-refractivity contribution in [3.8, 4) is 0 Å². The van der Waals surface area contributed by atoms with Crippen molar-refractivity contribution < 1.29 is 14.7 Å². The van der Waals surface area contributed by atoms with Crippen molar-refractivity contribution >= 4 is 34.4 Å². The molecule has 0 heterocycles. The number of carboxylic acids is 1. The van der Waals surface area contributed by atoms with Crippen molar-refractivity contribution in [3.05, 3.63) is 34.9 Å². The van der Waals surface area contributed by atoms with E-state index in [0.29, 0.717) is 10.6 Å². The molecule has 0 aliphatic heterocycles. The van der Waals surface area contributed by atoms with Gasteiger partial charge >= 0.3 is 5.97 Å². The van der Waals surface area contributed by atoms with Gasteiger partial charge in [-0.3, -0.25) is 9.59 Å². The predicted molar refractivity (Wildman–Crippen MR) is 65.0 cm³/mol. The van der Waals surface area contributed by atoms with Crippen LogP contribution in [0.3, 0.4) is 0 Å². The minimum atomic E-state index is -0.903. The van der Waals surface area contributed by atoms with Gasteiger partial charge in [0.05, 0.1) is 10.9 Å². The van der Waals surface area contributed by atoms with Crippen molar-refractivity contribution in [1.82, 2.24) is 0 Å². The number of carbonyl (C=O) groups excluding carboxylic acids is 1. The number of benzene rings is 1. The number of carbonyl (C=O) groups is 2. The summed E-state index contributed by atoms with van der Waals surface area (Å²) in [6.07, 6.45) is 0. The highest BCUT2D eigenvalue weighted by molar-refractivity contribution is 8.14. The Morgan fingerprint density at radius 1 is 1.44 bits per heavy atom. The molecule has 86 valence electrons. The Morgan fingerprint density at radius 3 is 2.62 bits per heavy atom. The summed E-state index contributed by atoms with van der Waals surface area (Å²) in [5.41, 5.74) is 0.423. The highest BCUT2D eigenvalue weighted by atomic mass is 35.5. The molecule has 0 fully saturated rings.